The van der Waals surface area contributed by atoms with Crippen molar-refractivity contribution in [1.29, 1.82) is 0 Å². The highest BCUT2D eigenvalue weighted by molar-refractivity contribution is 5.90. The third-order valence-electron chi connectivity index (χ3n) is 1.000. The van der Waals surface area contributed by atoms with Gasteiger partial charge in [-0.05, 0) is 20.8 Å². The summed E-state index contributed by atoms with van der Waals surface area (Å²) in [6.07, 6.45) is 1.35. The van der Waals surface area contributed by atoms with Crippen molar-refractivity contribution in [2.24, 2.45) is 5.73 Å². The van der Waals surface area contributed by atoms with Crippen LogP contribution in [0.4, 0.5) is 0 Å². The molecule has 0 aromatic rings. The van der Waals surface area contributed by atoms with E-state index >= 15 is 0 Å². The molecule has 1 amide bonds. The zero-order chi connectivity index (χ0) is 10.5. The van der Waals surface area contributed by atoms with Crippen LogP contribution in [0.15, 0.2) is 11.9 Å². The Bertz CT molecular complexity index is 228. The first-order chi connectivity index (χ1) is 5.90. The number of carbonyl (C=O) groups is 2. The molecule has 5 heteroatoms. The van der Waals surface area contributed by atoms with Crippen molar-refractivity contribution >= 4 is 12.4 Å². The number of hydrogen-bond acceptors (Lipinski definition) is 4. The molecular weight excluding hydrogens is 172 g/mol. The zero-order valence-corrected chi connectivity index (χ0v) is 7.96. The summed E-state index contributed by atoms with van der Waals surface area (Å²) < 4.78 is 4.93. The van der Waals surface area contributed by atoms with Gasteiger partial charge < -0.3 is 15.8 Å². The summed E-state index contributed by atoms with van der Waals surface area (Å²) in [5.74, 6) is -0.651. The highest BCUT2D eigenvalue weighted by atomic mass is 16.6. The van der Waals surface area contributed by atoms with Crippen LogP contribution in [0.3, 0.4) is 0 Å². The van der Waals surface area contributed by atoms with Gasteiger partial charge in [0.2, 0.25) is 6.41 Å². The number of ether oxygens (including phenoxy) is 1. The Hall–Kier alpha value is -1.52. The lowest BCUT2D eigenvalue weighted by molar-refractivity contribution is -0.150. The standard InChI is InChI=1S/C8H14N2O3/c1-8(2,3)13-7(12)6(4-9)10-5-11/h4-5H,9H2,1-3H3,(H,10,11). The van der Waals surface area contributed by atoms with Gasteiger partial charge in [0, 0.05) is 6.20 Å². The molecule has 0 aliphatic rings. The van der Waals surface area contributed by atoms with Crippen molar-refractivity contribution < 1.29 is 14.3 Å². The van der Waals surface area contributed by atoms with Crippen LogP contribution in [0.25, 0.3) is 0 Å². The Morgan fingerprint density at radius 2 is 2.00 bits per heavy atom. The highest BCUT2D eigenvalue weighted by Crippen LogP contribution is 2.08. The zero-order valence-electron chi connectivity index (χ0n) is 7.96. The maximum Gasteiger partial charge on any atom is 0.356 e. The highest BCUT2D eigenvalue weighted by Gasteiger charge is 2.19. The Kier molecular flexibility index (Phi) is 3.97. The van der Waals surface area contributed by atoms with E-state index in [2.05, 4.69) is 5.32 Å². The van der Waals surface area contributed by atoms with E-state index < -0.39 is 11.6 Å². The Morgan fingerprint density at radius 1 is 1.46 bits per heavy atom. The molecule has 3 N–H and O–H groups in total. The van der Waals surface area contributed by atoms with Crippen molar-refractivity contribution in [3.8, 4) is 0 Å². The van der Waals surface area contributed by atoms with E-state index in [-0.39, 0.29) is 5.70 Å². The van der Waals surface area contributed by atoms with Gasteiger partial charge in [-0.25, -0.2) is 4.79 Å². The molecule has 0 aromatic carbocycles. The SMILES string of the molecule is CC(C)(C)OC(=O)C(=CN)NC=O. The average Bonchev–Trinajstić information content (AvgIpc) is 1.96. The average molecular weight is 186 g/mol. The summed E-state index contributed by atoms with van der Waals surface area (Å²) in [4.78, 5) is 21.2. The maximum atomic E-state index is 11.2. The quantitative estimate of drug-likeness (QED) is 0.365. The van der Waals surface area contributed by atoms with Crippen molar-refractivity contribution in [2.75, 3.05) is 0 Å². The van der Waals surface area contributed by atoms with E-state index in [1.54, 1.807) is 20.8 Å². The lowest BCUT2D eigenvalue weighted by Crippen LogP contribution is -2.30. The molecule has 0 saturated heterocycles. The number of esters is 1. The van der Waals surface area contributed by atoms with Crippen LogP contribution < -0.4 is 11.1 Å². The Morgan fingerprint density at radius 3 is 2.31 bits per heavy atom. The van der Waals surface area contributed by atoms with E-state index in [0.717, 1.165) is 6.20 Å². The molecule has 0 radical (unpaired) electrons. The van der Waals surface area contributed by atoms with Gasteiger partial charge in [0.15, 0.2) is 0 Å². The second-order valence-corrected chi connectivity index (χ2v) is 3.34. The van der Waals surface area contributed by atoms with E-state index in [1.165, 1.54) is 0 Å². The number of amides is 1. The summed E-state index contributed by atoms with van der Waals surface area (Å²) >= 11 is 0. The van der Waals surface area contributed by atoms with Crippen LogP contribution in [0.5, 0.6) is 0 Å². The van der Waals surface area contributed by atoms with Gasteiger partial charge in [-0.15, -0.1) is 0 Å². The van der Waals surface area contributed by atoms with Crippen LogP contribution in [0.2, 0.25) is 0 Å². The monoisotopic (exact) mass is 186 g/mol. The minimum Gasteiger partial charge on any atom is -0.455 e. The Balaban J connectivity index is 4.32. The number of rotatable bonds is 3. The molecule has 0 bridgehead atoms. The summed E-state index contributed by atoms with van der Waals surface area (Å²) in [6.45, 7) is 5.17. The molecule has 74 valence electrons. The number of nitrogens with two attached hydrogens (primary N) is 1. The van der Waals surface area contributed by atoms with E-state index in [9.17, 15) is 9.59 Å². The Labute approximate surface area is 76.9 Å². The molecule has 0 atom stereocenters. The van der Waals surface area contributed by atoms with Crippen LogP contribution >= 0.6 is 0 Å². The van der Waals surface area contributed by atoms with Crippen molar-refractivity contribution in [3.63, 3.8) is 0 Å². The van der Waals surface area contributed by atoms with Gasteiger partial charge in [-0.2, -0.15) is 0 Å². The maximum absolute atomic E-state index is 11.2. The largest absolute Gasteiger partial charge is 0.455 e. The fourth-order valence-electron chi connectivity index (χ4n) is 0.572. The number of nitrogens with one attached hydrogen (secondary N) is 1. The molecule has 13 heavy (non-hydrogen) atoms. The topological polar surface area (TPSA) is 81.4 Å². The molecule has 0 aliphatic carbocycles. The first kappa shape index (κ1) is 11.5. The molecule has 0 aliphatic heterocycles. The van der Waals surface area contributed by atoms with Crippen molar-refractivity contribution in [1.82, 2.24) is 5.32 Å². The van der Waals surface area contributed by atoms with Gasteiger partial charge in [-0.3, -0.25) is 4.79 Å². The summed E-state index contributed by atoms with van der Waals surface area (Å²) in [5.41, 5.74) is 4.43. The van der Waals surface area contributed by atoms with Gasteiger partial charge in [0.1, 0.15) is 11.3 Å². The van der Waals surface area contributed by atoms with Gasteiger partial charge in [0.25, 0.3) is 0 Å². The first-order valence-electron chi connectivity index (χ1n) is 3.76. The van der Waals surface area contributed by atoms with Crippen LogP contribution in [-0.2, 0) is 14.3 Å². The van der Waals surface area contributed by atoms with Crippen LogP contribution in [0.1, 0.15) is 20.8 Å². The molecule has 0 aromatic heterocycles. The minimum atomic E-state index is -0.651. The van der Waals surface area contributed by atoms with Crippen molar-refractivity contribution in [3.05, 3.63) is 11.9 Å². The molecule has 0 spiro atoms. The predicted molar refractivity (Wildman–Crippen MR) is 47.3 cm³/mol. The molecular formula is C8H14N2O3. The fraction of sp³-hybridized carbons (Fsp3) is 0.500. The molecule has 0 fully saturated rings. The summed E-state index contributed by atoms with van der Waals surface area (Å²) in [7, 11) is 0. The third kappa shape index (κ3) is 4.84. The molecule has 5 nitrogen and oxygen atoms in total. The normalized spacial score (nSPS) is 12.1. The second-order valence-electron chi connectivity index (χ2n) is 3.34. The lowest BCUT2D eigenvalue weighted by Gasteiger charge is -2.19. The second kappa shape index (κ2) is 4.49. The summed E-state index contributed by atoms with van der Waals surface area (Å²) in [5, 5.41) is 2.14. The number of carbonyl (C=O) groups excluding carboxylic acids is 2. The summed E-state index contributed by atoms with van der Waals surface area (Å²) in [6, 6.07) is 0. The third-order valence-corrected chi connectivity index (χ3v) is 1.000. The van der Waals surface area contributed by atoms with E-state index in [4.69, 9.17) is 10.5 Å². The predicted octanol–water partition coefficient (Wildman–Crippen LogP) is -0.126. The van der Waals surface area contributed by atoms with Crippen molar-refractivity contribution in [2.45, 2.75) is 26.4 Å². The molecule has 0 heterocycles. The van der Waals surface area contributed by atoms with E-state index in [1.807, 2.05) is 0 Å². The minimum absolute atomic E-state index is 0.0649. The van der Waals surface area contributed by atoms with Gasteiger partial charge in [-0.1, -0.05) is 0 Å². The van der Waals surface area contributed by atoms with Gasteiger partial charge >= 0.3 is 5.97 Å². The molecule has 0 saturated carbocycles. The van der Waals surface area contributed by atoms with E-state index in [0.29, 0.717) is 6.41 Å². The fourth-order valence-corrected chi connectivity index (χ4v) is 0.572. The first-order valence-corrected chi connectivity index (χ1v) is 3.76. The lowest BCUT2D eigenvalue weighted by atomic mass is 10.2. The molecule has 0 unspecified atom stereocenters. The van der Waals surface area contributed by atoms with Crippen LogP contribution in [0, 0.1) is 0 Å². The smallest absolute Gasteiger partial charge is 0.356 e. The number of hydrogen-bond donors (Lipinski definition) is 2. The van der Waals surface area contributed by atoms with Gasteiger partial charge in [0.05, 0.1) is 0 Å². The van der Waals surface area contributed by atoms with Crippen LogP contribution in [-0.4, -0.2) is 18.0 Å². The molecule has 0 rings (SSSR count).